The molecule has 2 aromatic rings. The minimum absolute atomic E-state index is 0.216. The van der Waals surface area contributed by atoms with Gasteiger partial charge in [-0.05, 0) is 49.8 Å². The Hall–Kier alpha value is -2.93. The van der Waals surface area contributed by atoms with Crippen LogP contribution in [0.15, 0.2) is 41.0 Å². The van der Waals surface area contributed by atoms with Crippen LogP contribution in [0, 0.1) is 0 Å². The first kappa shape index (κ1) is 21.4. The number of nitrogens with one attached hydrogen (secondary N) is 1. The number of methoxy groups -OCH3 is 1. The van der Waals surface area contributed by atoms with E-state index in [0.29, 0.717) is 34.5 Å². The Morgan fingerprint density at radius 1 is 1.36 bits per heavy atom. The van der Waals surface area contributed by atoms with Gasteiger partial charge in [0.2, 0.25) is 0 Å². The van der Waals surface area contributed by atoms with Gasteiger partial charge in [-0.15, -0.1) is 0 Å². The highest BCUT2D eigenvalue weighted by Gasteiger charge is 2.17. The third kappa shape index (κ3) is 6.06. The number of carbonyl (C=O) groups excluding carboxylic acids is 2. The monoisotopic (exact) mass is 407 g/mol. The van der Waals surface area contributed by atoms with Gasteiger partial charge in [0.05, 0.1) is 31.5 Å². The molecule has 1 aromatic heterocycles. The second-order valence-corrected chi connectivity index (χ2v) is 6.08. The van der Waals surface area contributed by atoms with E-state index in [1.165, 1.54) is 32.4 Å². The van der Waals surface area contributed by atoms with Crippen LogP contribution in [0.3, 0.4) is 0 Å². The molecule has 0 saturated heterocycles. The Morgan fingerprint density at radius 3 is 2.79 bits per heavy atom. The number of ether oxygens (including phenoxy) is 3. The van der Waals surface area contributed by atoms with Gasteiger partial charge in [-0.1, -0.05) is 11.6 Å². The highest BCUT2D eigenvalue weighted by Crippen LogP contribution is 2.36. The largest absolute Gasteiger partial charge is 0.491 e. The molecule has 0 aliphatic carbocycles. The normalized spacial score (nSPS) is 11.9. The summed E-state index contributed by atoms with van der Waals surface area (Å²) in [5, 5.41) is 2.98. The number of hydrogen-bond acceptors (Lipinski definition) is 6. The molecule has 0 bridgehead atoms. The third-order valence-electron chi connectivity index (χ3n) is 3.63. The Kier molecular flexibility index (Phi) is 7.95. The number of rotatable bonds is 9. The molecule has 0 radical (unpaired) electrons. The molecular weight excluding hydrogens is 386 g/mol. The summed E-state index contributed by atoms with van der Waals surface area (Å²) >= 11 is 6.17. The molecule has 1 N–H and O–H groups in total. The summed E-state index contributed by atoms with van der Waals surface area (Å²) in [6.07, 6.45) is 3.29. The fourth-order valence-electron chi connectivity index (χ4n) is 2.31. The minimum Gasteiger partial charge on any atom is -0.491 e. The van der Waals surface area contributed by atoms with Gasteiger partial charge in [0.25, 0.3) is 5.91 Å². The van der Waals surface area contributed by atoms with E-state index in [4.69, 9.17) is 30.2 Å². The first-order chi connectivity index (χ1) is 13.4. The molecule has 1 aromatic carbocycles. The lowest BCUT2D eigenvalue weighted by Gasteiger charge is -2.12. The zero-order valence-corrected chi connectivity index (χ0v) is 16.6. The topological polar surface area (TPSA) is 87.0 Å². The maximum Gasteiger partial charge on any atom is 0.331 e. The Labute approximate surface area is 168 Å². The molecule has 0 unspecified atom stereocenters. The van der Waals surface area contributed by atoms with Gasteiger partial charge in [-0.25, -0.2) is 4.79 Å². The van der Waals surface area contributed by atoms with E-state index in [-0.39, 0.29) is 6.54 Å². The summed E-state index contributed by atoms with van der Waals surface area (Å²) in [4.78, 5) is 24.0. The molecule has 1 amide bonds. The first-order valence-electron chi connectivity index (χ1n) is 8.63. The van der Waals surface area contributed by atoms with E-state index in [2.05, 4.69) is 5.32 Å². The molecule has 150 valence electrons. The number of hydrogen-bond donors (Lipinski definition) is 1. The second kappa shape index (κ2) is 10.4. The summed E-state index contributed by atoms with van der Waals surface area (Å²) in [7, 11) is 1.49. The highest BCUT2D eigenvalue weighted by molar-refractivity contribution is 6.32. The van der Waals surface area contributed by atoms with Gasteiger partial charge >= 0.3 is 5.97 Å². The van der Waals surface area contributed by atoms with Gasteiger partial charge in [0.1, 0.15) is 5.76 Å². The van der Waals surface area contributed by atoms with Gasteiger partial charge in [-0.2, -0.15) is 0 Å². The van der Waals surface area contributed by atoms with Crippen molar-refractivity contribution in [3.05, 3.63) is 53.0 Å². The molecule has 0 fully saturated rings. The molecule has 7 nitrogen and oxygen atoms in total. The zero-order valence-electron chi connectivity index (χ0n) is 15.9. The summed E-state index contributed by atoms with van der Waals surface area (Å²) in [5.41, 5.74) is 0.626. The zero-order chi connectivity index (χ0) is 20.5. The molecule has 0 saturated carbocycles. The quantitative estimate of drug-likeness (QED) is 0.504. The predicted molar refractivity (Wildman–Crippen MR) is 104 cm³/mol. The van der Waals surface area contributed by atoms with Crippen LogP contribution in [0.1, 0.15) is 25.2 Å². The van der Waals surface area contributed by atoms with Crippen molar-refractivity contribution >= 4 is 29.6 Å². The summed E-state index contributed by atoms with van der Waals surface area (Å²) < 4.78 is 20.9. The van der Waals surface area contributed by atoms with Crippen LogP contribution < -0.4 is 14.8 Å². The van der Waals surface area contributed by atoms with Gasteiger partial charge in [0.15, 0.2) is 17.6 Å². The van der Waals surface area contributed by atoms with Crippen molar-refractivity contribution in [2.24, 2.45) is 0 Å². The van der Waals surface area contributed by atoms with Crippen LogP contribution in [0.5, 0.6) is 11.5 Å². The van der Waals surface area contributed by atoms with Crippen LogP contribution in [0.25, 0.3) is 6.08 Å². The summed E-state index contributed by atoms with van der Waals surface area (Å²) in [5.74, 6) is 0.407. The van der Waals surface area contributed by atoms with E-state index in [0.717, 1.165) is 0 Å². The van der Waals surface area contributed by atoms with Crippen LogP contribution in [0.4, 0.5) is 0 Å². The van der Waals surface area contributed by atoms with Gasteiger partial charge < -0.3 is 23.9 Å². The Morgan fingerprint density at radius 2 is 2.14 bits per heavy atom. The van der Waals surface area contributed by atoms with Crippen LogP contribution >= 0.6 is 11.6 Å². The SMILES string of the molecule is CCOc1cc(/C=C/C(=O)O[C@H](C)C(=O)NCc2ccco2)cc(Cl)c1OC. The highest BCUT2D eigenvalue weighted by atomic mass is 35.5. The van der Waals surface area contributed by atoms with E-state index in [1.807, 2.05) is 6.92 Å². The summed E-state index contributed by atoms with van der Waals surface area (Å²) in [6.45, 7) is 3.98. The molecular formula is C20H22ClNO6. The fourth-order valence-corrected chi connectivity index (χ4v) is 2.60. The number of amides is 1. The van der Waals surface area contributed by atoms with Crippen LogP contribution in [0.2, 0.25) is 5.02 Å². The molecule has 28 heavy (non-hydrogen) atoms. The smallest absolute Gasteiger partial charge is 0.331 e. The van der Waals surface area contributed by atoms with Crippen molar-refractivity contribution in [1.82, 2.24) is 5.32 Å². The van der Waals surface area contributed by atoms with Crippen molar-refractivity contribution < 1.29 is 28.2 Å². The lowest BCUT2D eigenvalue weighted by Crippen LogP contribution is -2.35. The van der Waals surface area contributed by atoms with E-state index in [9.17, 15) is 9.59 Å². The number of esters is 1. The van der Waals surface area contributed by atoms with Gasteiger partial charge in [0, 0.05) is 6.08 Å². The number of benzene rings is 1. The molecule has 1 heterocycles. The molecule has 0 aliphatic heterocycles. The van der Waals surface area contributed by atoms with E-state index >= 15 is 0 Å². The lowest BCUT2D eigenvalue weighted by molar-refractivity contribution is -0.150. The Balaban J connectivity index is 1.94. The molecule has 1 atom stereocenters. The van der Waals surface area contributed by atoms with Crippen molar-refractivity contribution in [1.29, 1.82) is 0 Å². The molecule has 8 heteroatoms. The van der Waals surface area contributed by atoms with Crippen molar-refractivity contribution in [3.8, 4) is 11.5 Å². The van der Waals surface area contributed by atoms with E-state index < -0.39 is 18.0 Å². The average molecular weight is 408 g/mol. The van der Waals surface area contributed by atoms with Crippen molar-refractivity contribution in [3.63, 3.8) is 0 Å². The molecule has 2 rings (SSSR count). The third-order valence-corrected chi connectivity index (χ3v) is 3.91. The van der Waals surface area contributed by atoms with Crippen LogP contribution in [-0.4, -0.2) is 31.7 Å². The first-order valence-corrected chi connectivity index (χ1v) is 9.01. The average Bonchev–Trinajstić information content (AvgIpc) is 3.18. The molecule has 0 aliphatic rings. The summed E-state index contributed by atoms with van der Waals surface area (Å²) in [6, 6.07) is 6.78. The van der Waals surface area contributed by atoms with E-state index in [1.54, 1.807) is 24.3 Å². The van der Waals surface area contributed by atoms with Crippen molar-refractivity contribution in [2.45, 2.75) is 26.5 Å². The predicted octanol–water partition coefficient (Wildman–Crippen LogP) is 3.60. The fraction of sp³-hybridized carbons (Fsp3) is 0.300. The maximum absolute atomic E-state index is 12.0. The van der Waals surface area contributed by atoms with Crippen molar-refractivity contribution in [2.75, 3.05) is 13.7 Å². The standard InChI is InChI=1S/C20H22ClNO6/c1-4-26-17-11-14(10-16(21)19(17)25-3)7-8-18(23)28-13(2)20(24)22-12-15-6-5-9-27-15/h5-11,13H,4,12H2,1-3H3,(H,22,24)/b8-7+/t13-/m1/s1. The molecule has 0 spiro atoms. The number of furan rings is 1. The second-order valence-electron chi connectivity index (χ2n) is 5.68. The Bertz CT molecular complexity index is 831. The maximum atomic E-state index is 12.0. The van der Waals surface area contributed by atoms with Gasteiger partial charge in [-0.3, -0.25) is 4.79 Å². The number of halogens is 1. The lowest BCUT2D eigenvalue weighted by atomic mass is 10.2. The minimum atomic E-state index is -0.953. The van der Waals surface area contributed by atoms with Crippen LogP contribution in [-0.2, 0) is 20.9 Å². The number of carbonyl (C=O) groups is 2.